The standard InChI is InChI=1S/C61H111NO5/c1-4-7-10-13-16-19-22-25-28-30-33-35-38-41-44-47-50-53-59(64)58(56-63)62-60(65)55-57(52-49-46-43-40-37-34-32-29-26-23-20-17-14-11-8-5-2)67-61(66)54-51-48-45-42-39-36-31-27-24-21-18-15-12-9-6-3/h9,12,15,18,21,24,29,32,34,37,57-59,63-64H,4-8,10-11,13-14,16-17,19-20,22-23,25-28,30-31,33,35-36,38-56H2,1-3H3,(H,62,65)/b12-9+,18-15+,24-21+,32-29+,37-34+. The van der Waals surface area contributed by atoms with Gasteiger partial charge in [0.1, 0.15) is 6.10 Å². The number of esters is 1. The molecule has 6 heteroatoms. The lowest BCUT2D eigenvalue weighted by atomic mass is 10.0. The molecule has 0 rings (SSSR count). The fourth-order valence-electron chi connectivity index (χ4n) is 8.78. The molecule has 0 saturated carbocycles. The molecule has 0 bridgehead atoms. The van der Waals surface area contributed by atoms with E-state index in [1.807, 2.05) is 0 Å². The Morgan fingerprint density at radius 3 is 1.24 bits per heavy atom. The number of rotatable bonds is 52. The maximum Gasteiger partial charge on any atom is 0.306 e. The van der Waals surface area contributed by atoms with Crippen LogP contribution in [-0.2, 0) is 14.3 Å². The molecule has 0 radical (unpaired) electrons. The van der Waals surface area contributed by atoms with E-state index in [1.54, 1.807) is 0 Å². The van der Waals surface area contributed by atoms with Crippen molar-refractivity contribution in [2.24, 2.45) is 0 Å². The van der Waals surface area contributed by atoms with E-state index in [9.17, 15) is 19.8 Å². The number of allylic oxidation sites excluding steroid dienone is 10. The van der Waals surface area contributed by atoms with Crippen LogP contribution in [0.2, 0.25) is 0 Å². The van der Waals surface area contributed by atoms with Crippen molar-refractivity contribution in [1.82, 2.24) is 5.32 Å². The summed E-state index contributed by atoms with van der Waals surface area (Å²) in [7, 11) is 0. The van der Waals surface area contributed by atoms with Crippen molar-refractivity contribution in [1.29, 1.82) is 0 Å². The lowest BCUT2D eigenvalue weighted by Crippen LogP contribution is -2.46. The van der Waals surface area contributed by atoms with Crippen LogP contribution in [0.3, 0.4) is 0 Å². The highest BCUT2D eigenvalue weighted by Crippen LogP contribution is 2.18. The second kappa shape index (κ2) is 54.5. The first-order valence-electron chi connectivity index (χ1n) is 29.1. The van der Waals surface area contributed by atoms with Crippen LogP contribution in [0.1, 0.15) is 290 Å². The molecule has 67 heavy (non-hydrogen) atoms. The highest BCUT2D eigenvalue weighted by atomic mass is 16.5. The Morgan fingerprint density at radius 2 is 0.806 bits per heavy atom. The quantitative estimate of drug-likeness (QED) is 0.0321. The van der Waals surface area contributed by atoms with Crippen LogP contribution in [-0.4, -0.2) is 46.9 Å². The molecule has 390 valence electrons. The average Bonchev–Trinajstić information content (AvgIpc) is 3.32. The third-order valence-corrected chi connectivity index (χ3v) is 13.2. The van der Waals surface area contributed by atoms with Crippen LogP contribution in [0, 0.1) is 0 Å². The van der Waals surface area contributed by atoms with Gasteiger partial charge in [-0.3, -0.25) is 9.59 Å². The smallest absolute Gasteiger partial charge is 0.306 e. The molecular formula is C61H111NO5. The number of amides is 1. The summed E-state index contributed by atoms with van der Waals surface area (Å²) in [5.41, 5.74) is 0. The van der Waals surface area contributed by atoms with Crippen LogP contribution < -0.4 is 5.32 Å². The van der Waals surface area contributed by atoms with Crippen LogP contribution in [0.4, 0.5) is 0 Å². The van der Waals surface area contributed by atoms with E-state index in [-0.39, 0.29) is 24.9 Å². The number of carbonyl (C=O) groups is 2. The summed E-state index contributed by atoms with van der Waals surface area (Å²) in [5, 5.41) is 23.9. The van der Waals surface area contributed by atoms with Crippen molar-refractivity contribution in [3.8, 4) is 0 Å². The molecule has 0 spiro atoms. The number of hydrogen-bond donors (Lipinski definition) is 3. The Bertz CT molecular complexity index is 1190. The van der Waals surface area contributed by atoms with Crippen molar-refractivity contribution in [2.75, 3.05) is 6.61 Å². The van der Waals surface area contributed by atoms with Gasteiger partial charge in [0.25, 0.3) is 0 Å². The van der Waals surface area contributed by atoms with E-state index in [0.29, 0.717) is 19.3 Å². The van der Waals surface area contributed by atoms with Gasteiger partial charge in [0.2, 0.25) is 5.91 Å². The minimum Gasteiger partial charge on any atom is -0.462 e. The highest BCUT2D eigenvalue weighted by molar-refractivity contribution is 5.77. The monoisotopic (exact) mass is 938 g/mol. The molecule has 3 unspecified atom stereocenters. The normalized spacial score (nSPS) is 13.6. The van der Waals surface area contributed by atoms with Gasteiger partial charge < -0.3 is 20.3 Å². The van der Waals surface area contributed by atoms with E-state index in [2.05, 4.69) is 86.8 Å². The first-order valence-corrected chi connectivity index (χ1v) is 29.1. The lowest BCUT2D eigenvalue weighted by Gasteiger charge is -2.24. The predicted octanol–water partition coefficient (Wildman–Crippen LogP) is 18.0. The molecule has 1 amide bonds. The second-order valence-corrected chi connectivity index (χ2v) is 19.8. The molecule has 6 nitrogen and oxygen atoms in total. The van der Waals surface area contributed by atoms with Gasteiger partial charge in [0.05, 0.1) is 25.2 Å². The van der Waals surface area contributed by atoms with E-state index in [0.717, 1.165) is 83.5 Å². The number of aliphatic hydroxyl groups is 2. The number of unbranched alkanes of at least 4 members (excludes halogenated alkanes) is 33. The molecule has 3 atom stereocenters. The lowest BCUT2D eigenvalue weighted by molar-refractivity contribution is -0.151. The zero-order valence-electron chi connectivity index (χ0n) is 44.5. The van der Waals surface area contributed by atoms with Gasteiger partial charge >= 0.3 is 5.97 Å². The minimum atomic E-state index is -0.799. The molecule has 0 aromatic carbocycles. The summed E-state index contributed by atoms with van der Waals surface area (Å²) in [5.74, 6) is -0.506. The van der Waals surface area contributed by atoms with E-state index in [4.69, 9.17) is 4.74 Å². The van der Waals surface area contributed by atoms with Crippen LogP contribution >= 0.6 is 0 Å². The van der Waals surface area contributed by atoms with E-state index >= 15 is 0 Å². The summed E-state index contributed by atoms with van der Waals surface area (Å²) in [6, 6.07) is -0.715. The van der Waals surface area contributed by atoms with Crippen LogP contribution in [0.15, 0.2) is 60.8 Å². The Labute approximate surface area is 416 Å². The van der Waals surface area contributed by atoms with Gasteiger partial charge in [-0.05, 0) is 70.6 Å². The van der Waals surface area contributed by atoms with Gasteiger partial charge in [-0.1, -0.05) is 268 Å². The Morgan fingerprint density at radius 1 is 0.448 bits per heavy atom. The maximum atomic E-state index is 13.3. The number of ether oxygens (including phenoxy) is 1. The molecule has 0 aliphatic rings. The molecule has 0 saturated heterocycles. The average molecular weight is 939 g/mol. The van der Waals surface area contributed by atoms with Gasteiger partial charge in [-0.2, -0.15) is 0 Å². The van der Waals surface area contributed by atoms with Crippen molar-refractivity contribution in [3.63, 3.8) is 0 Å². The van der Waals surface area contributed by atoms with E-state index in [1.165, 1.54) is 161 Å². The Kier molecular flexibility index (Phi) is 52.5. The summed E-state index contributed by atoms with van der Waals surface area (Å²) in [6.45, 7) is 6.37. The van der Waals surface area contributed by atoms with Crippen molar-refractivity contribution in [2.45, 2.75) is 309 Å². The van der Waals surface area contributed by atoms with Crippen LogP contribution in [0.5, 0.6) is 0 Å². The fourth-order valence-corrected chi connectivity index (χ4v) is 8.78. The number of aliphatic hydroxyl groups excluding tert-OH is 2. The third-order valence-electron chi connectivity index (χ3n) is 13.2. The van der Waals surface area contributed by atoms with E-state index < -0.39 is 18.2 Å². The first kappa shape index (κ1) is 64.6. The second-order valence-electron chi connectivity index (χ2n) is 19.8. The van der Waals surface area contributed by atoms with Gasteiger partial charge in [0.15, 0.2) is 0 Å². The molecule has 0 aliphatic heterocycles. The summed E-state index contributed by atoms with van der Waals surface area (Å²) >= 11 is 0. The largest absolute Gasteiger partial charge is 0.462 e. The highest BCUT2D eigenvalue weighted by Gasteiger charge is 2.24. The van der Waals surface area contributed by atoms with Crippen molar-refractivity contribution < 1.29 is 24.5 Å². The van der Waals surface area contributed by atoms with Gasteiger partial charge in [0, 0.05) is 6.42 Å². The van der Waals surface area contributed by atoms with Crippen LogP contribution in [0.25, 0.3) is 0 Å². The molecule has 0 aliphatic carbocycles. The molecule has 3 N–H and O–H groups in total. The zero-order valence-corrected chi connectivity index (χ0v) is 44.5. The van der Waals surface area contributed by atoms with Gasteiger partial charge in [-0.15, -0.1) is 0 Å². The third kappa shape index (κ3) is 49.8. The molecular weight excluding hydrogens is 827 g/mol. The minimum absolute atomic E-state index is 0.0545. The van der Waals surface area contributed by atoms with Gasteiger partial charge in [-0.25, -0.2) is 0 Å². The SMILES string of the molecule is CC/C=C/C=C/C=C/CCCCCCCCCC(=O)OC(CCCCC/C=C/C=C/CCCCCCCCC)CC(=O)NC(CO)C(O)CCCCCCCCCCCCCCCCCCC. The Hall–Kier alpha value is -2.44. The molecule has 0 heterocycles. The summed E-state index contributed by atoms with van der Waals surface area (Å²) in [4.78, 5) is 26.3. The number of hydrogen-bond acceptors (Lipinski definition) is 5. The molecule has 0 aromatic heterocycles. The summed E-state index contributed by atoms with van der Waals surface area (Å²) in [6.07, 6.45) is 68.6. The molecule has 0 aromatic rings. The van der Waals surface area contributed by atoms with Crippen molar-refractivity contribution in [3.05, 3.63) is 60.8 Å². The maximum absolute atomic E-state index is 13.3. The predicted molar refractivity (Wildman–Crippen MR) is 292 cm³/mol. The Balaban J connectivity index is 4.59. The molecule has 0 fully saturated rings. The topological polar surface area (TPSA) is 95.9 Å². The zero-order chi connectivity index (χ0) is 48.8. The summed E-state index contributed by atoms with van der Waals surface area (Å²) < 4.78 is 5.94. The fraction of sp³-hybridized carbons (Fsp3) is 0.803. The van der Waals surface area contributed by atoms with Crippen molar-refractivity contribution >= 4 is 11.9 Å². The number of nitrogens with one attached hydrogen (secondary N) is 1. The first-order chi connectivity index (χ1) is 33.0. The number of carbonyl (C=O) groups excluding carboxylic acids is 2.